The topological polar surface area (TPSA) is 62.2 Å². The van der Waals surface area contributed by atoms with Gasteiger partial charge in [-0.1, -0.05) is 12.1 Å². The molecule has 2 aliphatic rings. The summed E-state index contributed by atoms with van der Waals surface area (Å²) in [5.41, 5.74) is 1.14. The van der Waals surface area contributed by atoms with Gasteiger partial charge in [-0.05, 0) is 44.0 Å². The number of aliphatic hydroxyl groups is 1. The SMILES string of the molecule is Cc1cccc(OCC(O)CN2CCCC(C(=O)N3CCOCC3)C2)c1. The van der Waals surface area contributed by atoms with Gasteiger partial charge >= 0.3 is 0 Å². The lowest BCUT2D eigenvalue weighted by Gasteiger charge is -2.36. The number of ether oxygens (including phenoxy) is 2. The second kappa shape index (κ2) is 9.35. The smallest absolute Gasteiger partial charge is 0.227 e. The van der Waals surface area contributed by atoms with Crippen LogP contribution in [0.15, 0.2) is 24.3 Å². The Hall–Kier alpha value is -1.63. The van der Waals surface area contributed by atoms with E-state index in [1.165, 1.54) is 0 Å². The Kier molecular flexibility index (Phi) is 6.88. The molecule has 2 heterocycles. The van der Waals surface area contributed by atoms with Crippen LogP contribution >= 0.6 is 0 Å². The number of rotatable bonds is 6. The van der Waals surface area contributed by atoms with Gasteiger partial charge in [0.05, 0.1) is 19.1 Å². The average molecular weight is 362 g/mol. The van der Waals surface area contributed by atoms with E-state index in [-0.39, 0.29) is 18.4 Å². The minimum atomic E-state index is -0.562. The first-order valence-corrected chi connectivity index (χ1v) is 9.58. The summed E-state index contributed by atoms with van der Waals surface area (Å²) in [6, 6.07) is 7.83. The minimum absolute atomic E-state index is 0.0340. The maximum atomic E-state index is 12.7. The summed E-state index contributed by atoms with van der Waals surface area (Å²) in [5, 5.41) is 10.3. The molecule has 2 unspecified atom stereocenters. The van der Waals surface area contributed by atoms with Crippen LogP contribution in [0.25, 0.3) is 0 Å². The molecule has 6 heteroatoms. The van der Waals surface area contributed by atoms with E-state index in [2.05, 4.69) is 4.90 Å². The van der Waals surface area contributed by atoms with Crippen LogP contribution in [0, 0.1) is 12.8 Å². The number of carbonyl (C=O) groups is 1. The van der Waals surface area contributed by atoms with Gasteiger partial charge < -0.3 is 19.5 Å². The molecule has 1 aromatic rings. The molecule has 3 rings (SSSR count). The Morgan fingerprint density at radius 2 is 2.15 bits per heavy atom. The molecule has 2 fully saturated rings. The van der Waals surface area contributed by atoms with Crippen LogP contribution in [0.3, 0.4) is 0 Å². The highest BCUT2D eigenvalue weighted by Crippen LogP contribution is 2.20. The average Bonchev–Trinajstić information content (AvgIpc) is 2.67. The van der Waals surface area contributed by atoms with Gasteiger partial charge in [0.2, 0.25) is 5.91 Å². The van der Waals surface area contributed by atoms with Gasteiger partial charge in [0, 0.05) is 26.2 Å². The van der Waals surface area contributed by atoms with Gasteiger partial charge in [-0.2, -0.15) is 0 Å². The van der Waals surface area contributed by atoms with E-state index in [0.29, 0.717) is 32.8 Å². The van der Waals surface area contributed by atoms with Crippen LogP contribution in [-0.2, 0) is 9.53 Å². The van der Waals surface area contributed by atoms with Crippen molar-refractivity contribution in [2.45, 2.75) is 25.9 Å². The van der Waals surface area contributed by atoms with E-state index < -0.39 is 6.10 Å². The molecule has 2 aliphatic heterocycles. The van der Waals surface area contributed by atoms with Gasteiger partial charge in [-0.25, -0.2) is 0 Å². The predicted molar refractivity (Wildman–Crippen MR) is 99.2 cm³/mol. The van der Waals surface area contributed by atoms with E-state index in [0.717, 1.165) is 37.2 Å². The van der Waals surface area contributed by atoms with Crippen LogP contribution in [-0.4, -0.2) is 79.5 Å². The van der Waals surface area contributed by atoms with Gasteiger partial charge in [-0.3, -0.25) is 9.69 Å². The van der Waals surface area contributed by atoms with E-state index in [1.54, 1.807) is 0 Å². The molecule has 6 nitrogen and oxygen atoms in total. The first-order chi connectivity index (χ1) is 12.6. The number of nitrogens with zero attached hydrogens (tertiary/aromatic N) is 2. The van der Waals surface area contributed by atoms with E-state index in [1.807, 2.05) is 36.1 Å². The maximum absolute atomic E-state index is 12.7. The van der Waals surface area contributed by atoms with Crippen molar-refractivity contribution in [1.82, 2.24) is 9.80 Å². The van der Waals surface area contributed by atoms with Crippen molar-refractivity contribution in [2.24, 2.45) is 5.92 Å². The highest BCUT2D eigenvalue weighted by atomic mass is 16.5. The number of hydrogen-bond acceptors (Lipinski definition) is 5. The van der Waals surface area contributed by atoms with Crippen molar-refractivity contribution < 1.29 is 19.4 Å². The van der Waals surface area contributed by atoms with E-state index in [9.17, 15) is 9.90 Å². The largest absolute Gasteiger partial charge is 0.491 e. The molecule has 2 saturated heterocycles. The number of carbonyl (C=O) groups excluding carboxylic acids is 1. The molecule has 1 aromatic carbocycles. The summed E-state index contributed by atoms with van der Waals surface area (Å²) in [5.74, 6) is 1.05. The molecular formula is C20H30N2O4. The summed E-state index contributed by atoms with van der Waals surface area (Å²) < 4.78 is 11.0. The third-order valence-electron chi connectivity index (χ3n) is 5.08. The van der Waals surface area contributed by atoms with Gasteiger partial charge in [-0.15, -0.1) is 0 Å². The number of aliphatic hydroxyl groups excluding tert-OH is 1. The Morgan fingerprint density at radius 3 is 2.92 bits per heavy atom. The Morgan fingerprint density at radius 1 is 1.35 bits per heavy atom. The number of amides is 1. The molecular weight excluding hydrogens is 332 g/mol. The highest BCUT2D eigenvalue weighted by Gasteiger charge is 2.30. The molecule has 0 aromatic heterocycles. The van der Waals surface area contributed by atoms with E-state index >= 15 is 0 Å². The van der Waals surface area contributed by atoms with Crippen LogP contribution in [0.1, 0.15) is 18.4 Å². The second-order valence-corrected chi connectivity index (χ2v) is 7.32. The number of β-amino-alcohol motifs (C(OH)–C–C–N with tert-alkyl or cyclic N) is 1. The van der Waals surface area contributed by atoms with Crippen LogP contribution < -0.4 is 4.74 Å². The Balaban J connectivity index is 1.44. The lowest BCUT2D eigenvalue weighted by atomic mass is 9.96. The standard InChI is InChI=1S/C20H30N2O4/c1-16-4-2-6-19(12-16)26-15-18(23)14-21-7-3-5-17(13-21)20(24)22-8-10-25-11-9-22/h2,4,6,12,17-18,23H,3,5,7-11,13-15H2,1H3. The maximum Gasteiger partial charge on any atom is 0.227 e. The Labute approximate surface area is 155 Å². The van der Waals surface area contributed by atoms with Crippen molar-refractivity contribution in [3.63, 3.8) is 0 Å². The number of morpholine rings is 1. The zero-order valence-electron chi connectivity index (χ0n) is 15.6. The normalized spacial score (nSPS) is 22.8. The van der Waals surface area contributed by atoms with Gasteiger partial charge in [0.25, 0.3) is 0 Å². The van der Waals surface area contributed by atoms with Crippen molar-refractivity contribution in [2.75, 3.05) is 52.5 Å². The van der Waals surface area contributed by atoms with E-state index in [4.69, 9.17) is 9.47 Å². The molecule has 144 valence electrons. The molecule has 0 aliphatic carbocycles. The van der Waals surface area contributed by atoms with Crippen molar-refractivity contribution >= 4 is 5.91 Å². The molecule has 0 spiro atoms. The highest BCUT2D eigenvalue weighted by molar-refractivity contribution is 5.79. The number of benzene rings is 1. The molecule has 26 heavy (non-hydrogen) atoms. The summed E-state index contributed by atoms with van der Waals surface area (Å²) in [6.45, 7) is 7.13. The first kappa shape index (κ1) is 19.1. The molecule has 1 N–H and O–H groups in total. The van der Waals surface area contributed by atoms with Crippen molar-refractivity contribution in [3.8, 4) is 5.75 Å². The molecule has 1 amide bonds. The van der Waals surface area contributed by atoms with Crippen LogP contribution in [0.4, 0.5) is 0 Å². The number of hydrogen-bond donors (Lipinski definition) is 1. The third-order valence-corrected chi connectivity index (χ3v) is 5.08. The number of aryl methyl sites for hydroxylation is 1. The lowest BCUT2D eigenvalue weighted by molar-refractivity contribution is -0.141. The van der Waals surface area contributed by atoms with Gasteiger partial charge in [0.1, 0.15) is 18.5 Å². The van der Waals surface area contributed by atoms with Gasteiger partial charge in [0.15, 0.2) is 0 Å². The zero-order chi connectivity index (χ0) is 18.4. The minimum Gasteiger partial charge on any atom is -0.491 e. The monoisotopic (exact) mass is 362 g/mol. The summed E-state index contributed by atoms with van der Waals surface area (Å²) in [7, 11) is 0. The summed E-state index contributed by atoms with van der Waals surface area (Å²) in [6.07, 6.45) is 1.36. The Bertz CT molecular complexity index is 589. The molecule has 0 bridgehead atoms. The fourth-order valence-corrected chi connectivity index (χ4v) is 3.71. The third kappa shape index (κ3) is 5.43. The quantitative estimate of drug-likeness (QED) is 0.827. The van der Waals surface area contributed by atoms with Crippen LogP contribution in [0.5, 0.6) is 5.75 Å². The zero-order valence-corrected chi connectivity index (χ0v) is 15.6. The second-order valence-electron chi connectivity index (χ2n) is 7.32. The number of piperidine rings is 1. The molecule has 0 saturated carbocycles. The van der Waals surface area contributed by atoms with Crippen molar-refractivity contribution in [1.29, 1.82) is 0 Å². The lowest BCUT2D eigenvalue weighted by Crippen LogP contribution is -2.49. The van der Waals surface area contributed by atoms with Crippen LogP contribution in [0.2, 0.25) is 0 Å². The predicted octanol–water partition coefficient (Wildman–Crippen LogP) is 1.31. The molecule has 2 atom stereocenters. The van der Waals surface area contributed by atoms with Crippen molar-refractivity contribution in [3.05, 3.63) is 29.8 Å². The number of likely N-dealkylation sites (tertiary alicyclic amines) is 1. The molecule has 0 radical (unpaired) electrons. The summed E-state index contributed by atoms with van der Waals surface area (Å²) in [4.78, 5) is 16.8. The summed E-state index contributed by atoms with van der Waals surface area (Å²) >= 11 is 0. The first-order valence-electron chi connectivity index (χ1n) is 9.58. The fraction of sp³-hybridized carbons (Fsp3) is 0.650. The fourth-order valence-electron chi connectivity index (χ4n) is 3.71.